The number of benzene rings is 2. The Balaban J connectivity index is 1.80. The molecule has 0 aliphatic carbocycles. The Morgan fingerprint density at radius 3 is 2.40 bits per heavy atom. The zero-order valence-electron chi connectivity index (χ0n) is 20.4. The number of nitrogens with zero attached hydrogens (tertiary/aromatic N) is 3. The topological polar surface area (TPSA) is 93.9 Å². The van der Waals surface area contributed by atoms with Gasteiger partial charge in [0.15, 0.2) is 5.56 Å². The molecule has 1 saturated heterocycles. The molecule has 1 amide bonds. The number of hydrogen-bond acceptors (Lipinski definition) is 6. The number of amides is 1. The molecular weight excluding hydrogens is 446 g/mol. The van der Waals surface area contributed by atoms with Gasteiger partial charge in [0.25, 0.3) is 11.5 Å². The van der Waals surface area contributed by atoms with E-state index >= 15 is 0 Å². The predicted molar refractivity (Wildman–Crippen MR) is 133 cm³/mol. The minimum Gasteiger partial charge on any atom is -0.494 e. The van der Waals surface area contributed by atoms with Crippen molar-refractivity contribution in [3.63, 3.8) is 0 Å². The van der Waals surface area contributed by atoms with E-state index in [1.54, 1.807) is 23.1 Å². The number of ether oxygens (including phenoxy) is 2. The van der Waals surface area contributed by atoms with Gasteiger partial charge in [-0.3, -0.25) is 14.2 Å². The lowest BCUT2D eigenvalue weighted by atomic mass is 9.99. The summed E-state index contributed by atoms with van der Waals surface area (Å²) in [7, 11) is 3.02. The first-order chi connectivity index (χ1) is 17.0. The van der Waals surface area contributed by atoms with E-state index in [0.29, 0.717) is 42.5 Å². The highest BCUT2D eigenvalue weighted by Crippen LogP contribution is 2.37. The lowest BCUT2D eigenvalue weighted by Gasteiger charge is -2.22. The van der Waals surface area contributed by atoms with Crippen LogP contribution in [0.25, 0.3) is 5.69 Å². The molecular formula is C27H31N3O5. The second kappa shape index (κ2) is 10.6. The number of unbranched alkanes of at least 4 members (excludes halogenated alkanes) is 1. The lowest BCUT2D eigenvalue weighted by Crippen LogP contribution is -2.35. The van der Waals surface area contributed by atoms with Crippen LogP contribution in [0, 0.1) is 0 Å². The molecule has 0 bridgehead atoms. The number of hydrogen-bond donors (Lipinski definition) is 1. The van der Waals surface area contributed by atoms with Gasteiger partial charge in [0.05, 0.1) is 14.2 Å². The van der Waals surface area contributed by atoms with Crippen molar-refractivity contribution in [1.82, 2.24) is 14.5 Å². The monoisotopic (exact) mass is 477 g/mol. The van der Waals surface area contributed by atoms with Crippen LogP contribution in [-0.4, -0.2) is 52.8 Å². The van der Waals surface area contributed by atoms with Gasteiger partial charge in [0, 0.05) is 25.4 Å². The molecule has 1 aliphatic heterocycles. The molecule has 3 aromatic rings. The summed E-state index contributed by atoms with van der Waals surface area (Å²) in [6, 6.07) is 15.2. The maximum Gasteiger partial charge on any atom is 0.289 e. The van der Waals surface area contributed by atoms with E-state index in [2.05, 4.69) is 4.98 Å². The molecule has 4 rings (SSSR count). The zero-order valence-corrected chi connectivity index (χ0v) is 20.4. The minimum absolute atomic E-state index is 0.176. The highest BCUT2D eigenvalue weighted by molar-refractivity contribution is 5.96. The van der Waals surface area contributed by atoms with Gasteiger partial charge < -0.3 is 19.5 Å². The molecule has 1 atom stereocenters. The highest BCUT2D eigenvalue weighted by Gasteiger charge is 2.33. The van der Waals surface area contributed by atoms with Gasteiger partial charge in [-0.1, -0.05) is 49.7 Å². The van der Waals surface area contributed by atoms with Crippen LogP contribution in [0.1, 0.15) is 53.8 Å². The van der Waals surface area contributed by atoms with Crippen LogP contribution in [0.5, 0.6) is 17.4 Å². The van der Waals surface area contributed by atoms with Crippen LogP contribution in [0.3, 0.4) is 0 Å². The van der Waals surface area contributed by atoms with Gasteiger partial charge in [0.2, 0.25) is 5.88 Å². The molecule has 184 valence electrons. The normalized spacial score (nSPS) is 15.3. The molecule has 1 aliphatic rings. The van der Waals surface area contributed by atoms with E-state index in [1.165, 1.54) is 18.8 Å². The summed E-state index contributed by atoms with van der Waals surface area (Å²) in [5, 5.41) is 11.4. The number of aromatic hydroxyl groups is 1. The smallest absolute Gasteiger partial charge is 0.289 e. The van der Waals surface area contributed by atoms with Crippen molar-refractivity contribution < 1.29 is 19.4 Å². The summed E-state index contributed by atoms with van der Waals surface area (Å²) in [6.07, 6.45) is 2.85. The molecule has 8 heteroatoms. The summed E-state index contributed by atoms with van der Waals surface area (Å²) < 4.78 is 12.5. The number of likely N-dealkylation sites (tertiary alicyclic amines) is 1. The number of methoxy groups -OCH3 is 2. The van der Waals surface area contributed by atoms with Gasteiger partial charge in [-0.25, -0.2) is 0 Å². The molecule has 2 heterocycles. The van der Waals surface area contributed by atoms with Crippen molar-refractivity contribution in [2.24, 2.45) is 0 Å². The maximum absolute atomic E-state index is 13.5. The van der Waals surface area contributed by atoms with E-state index in [1.807, 2.05) is 37.3 Å². The van der Waals surface area contributed by atoms with Crippen LogP contribution < -0.4 is 15.0 Å². The van der Waals surface area contributed by atoms with Crippen LogP contribution in [0.2, 0.25) is 0 Å². The van der Waals surface area contributed by atoms with Crippen molar-refractivity contribution in [2.45, 2.75) is 38.5 Å². The maximum atomic E-state index is 13.5. The second-order valence-corrected chi connectivity index (χ2v) is 8.63. The standard InChI is InChI=1S/C27H31N3O5/c1-4-5-14-22-28-25(31)23(26(32)29-16-15-19(17-29)18-10-7-6-8-11-18)27(33)30(22)24-20(34-2)12-9-13-21(24)35-3/h6-13,19,33H,4-5,14-17H2,1-3H3/t19-/m1/s1. The van der Waals surface area contributed by atoms with Gasteiger partial charge in [-0.05, 0) is 30.5 Å². The number of carbonyl (C=O) groups is 1. The summed E-state index contributed by atoms with van der Waals surface area (Å²) in [6.45, 7) is 2.99. The van der Waals surface area contributed by atoms with Crippen molar-refractivity contribution in [2.75, 3.05) is 27.3 Å². The van der Waals surface area contributed by atoms with E-state index < -0.39 is 17.3 Å². The summed E-state index contributed by atoms with van der Waals surface area (Å²) in [5.41, 5.74) is 0.473. The number of aryl methyl sites for hydroxylation is 1. The Hall–Kier alpha value is -3.81. The number of carbonyl (C=O) groups excluding carboxylic acids is 1. The Morgan fingerprint density at radius 1 is 1.09 bits per heavy atom. The molecule has 0 unspecified atom stereocenters. The number of aromatic nitrogens is 2. The first kappa shape index (κ1) is 24.3. The first-order valence-electron chi connectivity index (χ1n) is 11.9. The van der Waals surface area contributed by atoms with Crippen LogP contribution in [-0.2, 0) is 6.42 Å². The Labute approximate surface area is 204 Å². The molecule has 1 N–H and O–H groups in total. The minimum atomic E-state index is -0.730. The zero-order chi connectivity index (χ0) is 24.9. The fraction of sp³-hybridized carbons (Fsp3) is 0.370. The Bertz CT molecular complexity index is 1230. The SMILES string of the molecule is CCCCc1nc(=O)c(C(=O)N2CC[C@@H](c3ccccc3)C2)c(O)n1-c1c(OC)cccc1OC. The third-order valence-electron chi connectivity index (χ3n) is 6.48. The van der Waals surface area contributed by atoms with Crippen molar-refractivity contribution in [3.05, 3.63) is 75.8 Å². The Morgan fingerprint density at radius 2 is 1.77 bits per heavy atom. The van der Waals surface area contributed by atoms with Gasteiger partial charge >= 0.3 is 0 Å². The fourth-order valence-corrected chi connectivity index (χ4v) is 4.63. The summed E-state index contributed by atoms with van der Waals surface area (Å²) in [5.74, 6) is 0.390. The average Bonchev–Trinajstić information content (AvgIpc) is 3.38. The fourth-order valence-electron chi connectivity index (χ4n) is 4.63. The van der Waals surface area contributed by atoms with E-state index in [9.17, 15) is 14.7 Å². The molecule has 1 aromatic heterocycles. The average molecular weight is 478 g/mol. The molecule has 0 saturated carbocycles. The van der Waals surface area contributed by atoms with E-state index in [0.717, 1.165) is 24.8 Å². The summed E-state index contributed by atoms with van der Waals surface area (Å²) >= 11 is 0. The number of rotatable bonds is 8. The molecule has 35 heavy (non-hydrogen) atoms. The molecule has 2 aromatic carbocycles. The largest absolute Gasteiger partial charge is 0.494 e. The Kier molecular flexibility index (Phi) is 7.39. The van der Waals surface area contributed by atoms with Crippen LogP contribution >= 0.6 is 0 Å². The quantitative estimate of drug-likeness (QED) is 0.528. The summed E-state index contributed by atoms with van der Waals surface area (Å²) in [4.78, 5) is 32.5. The molecule has 8 nitrogen and oxygen atoms in total. The van der Waals surface area contributed by atoms with E-state index in [4.69, 9.17) is 9.47 Å². The third kappa shape index (κ3) is 4.73. The first-order valence-corrected chi connectivity index (χ1v) is 11.9. The van der Waals surface area contributed by atoms with Crippen molar-refractivity contribution in [1.29, 1.82) is 0 Å². The molecule has 0 radical (unpaired) electrons. The van der Waals surface area contributed by atoms with Gasteiger partial charge in [-0.15, -0.1) is 0 Å². The predicted octanol–water partition coefficient (Wildman–Crippen LogP) is 3.93. The second-order valence-electron chi connectivity index (χ2n) is 8.63. The van der Waals surface area contributed by atoms with E-state index in [-0.39, 0.29) is 11.5 Å². The van der Waals surface area contributed by atoms with Crippen molar-refractivity contribution in [3.8, 4) is 23.1 Å². The molecule has 1 fully saturated rings. The van der Waals surface area contributed by atoms with Crippen LogP contribution in [0.4, 0.5) is 0 Å². The third-order valence-corrected chi connectivity index (χ3v) is 6.48. The molecule has 0 spiro atoms. The lowest BCUT2D eigenvalue weighted by molar-refractivity contribution is 0.0784. The number of para-hydroxylation sites is 1. The highest BCUT2D eigenvalue weighted by atomic mass is 16.5. The van der Waals surface area contributed by atoms with Gasteiger partial charge in [-0.2, -0.15) is 4.98 Å². The van der Waals surface area contributed by atoms with Gasteiger partial charge in [0.1, 0.15) is 23.0 Å². The van der Waals surface area contributed by atoms with Crippen LogP contribution in [0.15, 0.2) is 53.3 Å². The van der Waals surface area contributed by atoms with Crippen molar-refractivity contribution >= 4 is 5.91 Å².